The van der Waals surface area contributed by atoms with Gasteiger partial charge in [0.1, 0.15) is 0 Å². The number of carbonyl (C=O) groups is 5. The summed E-state index contributed by atoms with van der Waals surface area (Å²) >= 11 is 0. The Kier molecular flexibility index (Phi) is 7.58. The summed E-state index contributed by atoms with van der Waals surface area (Å²) in [5, 5.41) is 13.4. The van der Waals surface area contributed by atoms with E-state index in [9.17, 15) is 24.0 Å². The van der Waals surface area contributed by atoms with Crippen molar-refractivity contribution < 1.29 is 33.8 Å². The third kappa shape index (κ3) is 7.04. The summed E-state index contributed by atoms with van der Waals surface area (Å²) in [6.45, 7) is 0.926. The van der Waals surface area contributed by atoms with E-state index in [0.717, 1.165) is 6.08 Å². The molecule has 9 nitrogen and oxygen atoms in total. The molecule has 2 amide bonds. The van der Waals surface area contributed by atoms with Gasteiger partial charge in [-0.1, -0.05) is 0 Å². The van der Waals surface area contributed by atoms with Crippen molar-refractivity contribution >= 4 is 40.9 Å². The number of Topliss-reactive ketones (excluding diaryl/α,β-unsaturated/α-hetero) is 1. The lowest BCUT2D eigenvalue weighted by molar-refractivity contribution is -0.131. The molecule has 3 N–H and O–H groups in total. The predicted molar refractivity (Wildman–Crippen MR) is 107 cm³/mol. The topological polar surface area (TPSA) is 139 Å². The minimum Gasteiger partial charge on any atom is -0.478 e. The highest BCUT2D eigenvalue weighted by molar-refractivity contribution is 6.02. The Hall–Kier alpha value is -4.27. The summed E-state index contributed by atoms with van der Waals surface area (Å²) < 4.78 is 4.94. The van der Waals surface area contributed by atoms with E-state index in [2.05, 4.69) is 10.6 Å². The number of aliphatic carboxylic acids is 1. The lowest BCUT2D eigenvalue weighted by Gasteiger charge is -2.08. The molecule has 0 atom stereocenters. The van der Waals surface area contributed by atoms with Crippen LogP contribution < -0.4 is 10.6 Å². The molecule has 0 saturated heterocycles. The number of nitrogens with one attached hydrogen (secondary N) is 2. The van der Waals surface area contributed by atoms with Crippen molar-refractivity contribution in [3.63, 3.8) is 0 Å². The van der Waals surface area contributed by atoms with E-state index >= 15 is 0 Å². The van der Waals surface area contributed by atoms with Gasteiger partial charge in [0.15, 0.2) is 12.4 Å². The normalized spacial score (nSPS) is 10.3. The van der Waals surface area contributed by atoms with Crippen molar-refractivity contribution in [3.8, 4) is 0 Å². The zero-order valence-electron chi connectivity index (χ0n) is 15.9. The molecule has 30 heavy (non-hydrogen) atoms. The monoisotopic (exact) mass is 410 g/mol. The Morgan fingerprint density at radius 2 is 1.37 bits per heavy atom. The van der Waals surface area contributed by atoms with Gasteiger partial charge in [-0.05, 0) is 55.5 Å². The van der Waals surface area contributed by atoms with E-state index < -0.39 is 30.4 Å². The minimum absolute atomic E-state index is 0.0934. The molecule has 9 heteroatoms. The molecule has 2 aromatic rings. The van der Waals surface area contributed by atoms with Gasteiger partial charge in [-0.2, -0.15) is 0 Å². The van der Waals surface area contributed by atoms with Crippen LogP contribution in [0.1, 0.15) is 27.6 Å². The first-order valence-corrected chi connectivity index (χ1v) is 8.64. The molecule has 0 aliphatic rings. The zero-order valence-corrected chi connectivity index (χ0v) is 15.9. The molecule has 0 bridgehead atoms. The summed E-state index contributed by atoms with van der Waals surface area (Å²) in [5.74, 6) is -3.26. The number of benzene rings is 2. The maximum atomic E-state index is 12.0. The Morgan fingerprint density at radius 3 is 1.90 bits per heavy atom. The van der Waals surface area contributed by atoms with Crippen molar-refractivity contribution in [2.24, 2.45) is 0 Å². The van der Waals surface area contributed by atoms with Crippen LogP contribution in [0.2, 0.25) is 0 Å². The van der Waals surface area contributed by atoms with Crippen molar-refractivity contribution in [2.45, 2.75) is 6.92 Å². The van der Waals surface area contributed by atoms with E-state index in [4.69, 9.17) is 9.84 Å². The number of carboxylic acids is 1. The van der Waals surface area contributed by atoms with Gasteiger partial charge in [-0.25, -0.2) is 9.59 Å². The molecule has 0 aliphatic carbocycles. The Morgan fingerprint density at radius 1 is 0.833 bits per heavy atom. The number of ketones is 1. The fraction of sp³-hybridized carbons (Fsp3) is 0.0952. The van der Waals surface area contributed by atoms with Gasteiger partial charge in [0.05, 0.1) is 5.56 Å². The predicted octanol–water partition coefficient (Wildman–Crippen LogP) is 2.26. The number of hydrogen-bond donors (Lipinski definition) is 3. The fourth-order valence-electron chi connectivity index (χ4n) is 2.22. The second-order valence-electron chi connectivity index (χ2n) is 6.00. The number of ether oxygens (including phenoxy) is 1. The number of rotatable bonds is 8. The Labute approximate surface area is 171 Å². The van der Waals surface area contributed by atoms with Crippen LogP contribution in [-0.4, -0.2) is 41.2 Å². The molecule has 0 unspecified atom stereocenters. The van der Waals surface area contributed by atoms with Crippen LogP contribution in [0, 0.1) is 0 Å². The largest absolute Gasteiger partial charge is 0.478 e. The first-order valence-electron chi connectivity index (χ1n) is 8.64. The van der Waals surface area contributed by atoms with Gasteiger partial charge in [0.2, 0.25) is 5.91 Å². The lowest BCUT2D eigenvalue weighted by Crippen LogP contribution is -2.21. The van der Waals surface area contributed by atoms with Crippen LogP contribution in [0.5, 0.6) is 0 Å². The van der Waals surface area contributed by atoms with Gasteiger partial charge in [-0.3, -0.25) is 14.4 Å². The minimum atomic E-state index is -1.25. The summed E-state index contributed by atoms with van der Waals surface area (Å²) in [5.41, 5.74) is 1.47. The summed E-state index contributed by atoms with van der Waals surface area (Å²) in [4.78, 5) is 57.0. The number of anilines is 2. The molecular weight excluding hydrogens is 392 g/mol. The second kappa shape index (κ2) is 10.3. The van der Waals surface area contributed by atoms with Gasteiger partial charge < -0.3 is 20.5 Å². The molecule has 2 aromatic carbocycles. The number of carbonyl (C=O) groups excluding carboxylic acids is 4. The van der Waals surface area contributed by atoms with Gasteiger partial charge >= 0.3 is 11.9 Å². The number of carboxylic acid groups (broad SMARTS) is 1. The summed E-state index contributed by atoms with van der Waals surface area (Å²) in [7, 11) is 0. The summed E-state index contributed by atoms with van der Waals surface area (Å²) in [6, 6.07) is 11.9. The first kappa shape index (κ1) is 22.0. The van der Waals surface area contributed by atoms with Crippen molar-refractivity contribution in [3.05, 3.63) is 71.8 Å². The quantitative estimate of drug-likeness (QED) is 0.345. The molecule has 0 radical (unpaired) electrons. The van der Waals surface area contributed by atoms with Gasteiger partial charge in [0.25, 0.3) is 5.91 Å². The highest BCUT2D eigenvalue weighted by atomic mass is 16.5. The molecule has 2 rings (SSSR count). The number of amides is 2. The standard InChI is InChI=1S/C21H18N2O7/c1-13(24)14-2-6-17(7-3-14)23-19(26)12-30-21(29)15-4-8-16(9-5-15)22-18(25)10-11-20(27)28/h2-11H,12H2,1H3,(H,22,25)(H,23,26)(H,27,28)/b11-10+. The zero-order chi connectivity index (χ0) is 22.1. The average Bonchev–Trinajstić information content (AvgIpc) is 2.71. The summed E-state index contributed by atoms with van der Waals surface area (Å²) in [6.07, 6.45) is 1.56. The molecule has 0 aromatic heterocycles. The third-order valence-electron chi connectivity index (χ3n) is 3.67. The van der Waals surface area contributed by atoms with Gasteiger partial charge in [0, 0.05) is 29.1 Å². The van der Waals surface area contributed by atoms with E-state index in [1.165, 1.54) is 31.2 Å². The highest BCUT2D eigenvalue weighted by Gasteiger charge is 2.11. The molecule has 0 fully saturated rings. The molecule has 0 aliphatic heterocycles. The molecular formula is C21H18N2O7. The van der Waals surface area contributed by atoms with Gasteiger partial charge in [-0.15, -0.1) is 0 Å². The van der Waals surface area contributed by atoms with Crippen LogP contribution in [-0.2, 0) is 19.1 Å². The van der Waals surface area contributed by atoms with Crippen molar-refractivity contribution in [1.29, 1.82) is 0 Å². The number of hydrogen-bond acceptors (Lipinski definition) is 6. The maximum absolute atomic E-state index is 12.0. The Bertz CT molecular complexity index is 993. The Balaban J connectivity index is 1.84. The van der Waals surface area contributed by atoms with Crippen LogP contribution in [0.3, 0.4) is 0 Å². The SMILES string of the molecule is CC(=O)c1ccc(NC(=O)COC(=O)c2ccc(NC(=O)/C=C/C(=O)O)cc2)cc1. The van der Waals surface area contributed by atoms with Crippen LogP contribution in [0.25, 0.3) is 0 Å². The van der Waals surface area contributed by atoms with Crippen molar-refractivity contribution in [2.75, 3.05) is 17.2 Å². The van der Waals surface area contributed by atoms with Crippen LogP contribution in [0.15, 0.2) is 60.7 Å². The fourth-order valence-corrected chi connectivity index (χ4v) is 2.22. The van der Waals surface area contributed by atoms with Crippen LogP contribution in [0.4, 0.5) is 11.4 Å². The molecule has 154 valence electrons. The smallest absolute Gasteiger partial charge is 0.338 e. The number of esters is 1. The van der Waals surface area contributed by atoms with E-state index in [1.54, 1.807) is 24.3 Å². The molecule has 0 saturated carbocycles. The highest BCUT2D eigenvalue weighted by Crippen LogP contribution is 2.12. The third-order valence-corrected chi connectivity index (χ3v) is 3.67. The van der Waals surface area contributed by atoms with Crippen LogP contribution >= 0.6 is 0 Å². The average molecular weight is 410 g/mol. The maximum Gasteiger partial charge on any atom is 0.338 e. The first-order chi connectivity index (χ1) is 14.2. The molecule has 0 heterocycles. The second-order valence-corrected chi connectivity index (χ2v) is 6.00. The van der Waals surface area contributed by atoms with Crippen molar-refractivity contribution in [1.82, 2.24) is 0 Å². The lowest BCUT2D eigenvalue weighted by atomic mass is 10.1. The van der Waals surface area contributed by atoms with E-state index in [-0.39, 0.29) is 11.3 Å². The van der Waals surface area contributed by atoms with E-state index in [1.807, 2.05) is 0 Å². The van der Waals surface area contributed by atoms with E-state index in [0.29, 0.717) is 23.0 Å². The molecule has 0 spiro atoms.